The zero-order valence-corrected chi connectivity index (χ0v) is 29.8. The average molecular weight is 704 g/mol. The number of hydrogen-bond acceptors (Lipinski definition) is 3. The van der Waals surface area contributed by atoms with E-state index in [-0.39, 0.29) is 0 Å². The lowest BCUT2D eigenvalue weighted by Gasteiger charge is -2.25. The molecule has 11 aromatic rings. The summed E-state index contributed by atoms with van der Waals surface area (Å²) in [5, 5.41) is 6.76. The molecule has 0 N–H and O–H groups in total. The van der Waals surface area contributed by atoms with E-state index < -0.39 is 0 Å². The van der Waals surface area contributed by atoms with Crippen LogP contribution in [0, 0.1) is 0 Å². The molecule has 0 aliphatic rings. The quantitative estimate of drug-likeness (QED) is 0.173. The molecule has 3 nitrogen and oxygen atoms in total. The van der Waals surface area contributed by atoms with Gasteiger partial charge in [0.2, 0.25) is 0 Å². The van der Waals surface area contributed by atoms with Crippen molar-refractivity contribution in [1.82, 2.24) is 0 Å². The zero-order chi connectivity index (χ0) is 36.3. The van der Waals surface area contributed by atoms with Gasteiger partial charge in [0, 0.05) is 44.2 Å². The predicted octanol–water partition coefficient (Wildman–Crippen LogP) is 15.1. The molecule has 0 unspecified atom stereocenters. The van der Waals surface area contributed by atoms with E-state index in [0.717, 1.165) is 88.8 Å². The highest BCUT2D eigenvalue weighted by molar-refractivity contribution is 6.27. The molecule has 2 heterocycles. The molecular formula is C52H33NO2. The van der Waals surface area contributed by atoms with E-state index in [1.54, 1.807) is 0 Å². The summed E-state index contributed by atoms with van der Waals surface area (Å²) in [6.07, 6.45) is 0. The number of hydrogen-bond donors (Lipinski definition) is 0. The molecule has 3 heteroatoms. The van der Waals surface area contributed by atoms with Gasteiger partial charge in [0.25, 0.3) is 0 Å². The zero-order valence-electron chi connectivity index (χ0n) is 29.8. The van der Waals surface area contributed by atoms with Crippen molar-refractivity contribution in [1.29, 1.82) is 0 Å². The Morgan fingerprint density at radius 3 is 1.58 bits per heavy atom. The summed E-state index contributed by atoms with van der Waals surface area (Å²) in [5.41, 5.74) is 13.6. The van der Waals surface area contributed by atoms with Crippen LogP contribution < -0.4 is 4.90 Å². The maximum absolute atomic E-state index is 6.92. The first-order chi connectivity index (χ1) is 27.3. The number of furan rings is 2. The van der Waals surface area contributed by atoms with Crippen LogP contribution in [0.5, 0.6) is 0 Å². The van der Waals surface area contributed by atoms with Gasteiger partial charge in [-0.2, -0.15) is 0 Å². The topological polar surface area (TPSA) is 29.5 Å². The van der Waals surface area contributed by atoms with E-state index in [1.165, 1.54) is 16.3 Å². The van der Waals surface area contributed by atoms with Crippen molar-refractivity contribution in [2.45, 2.75) is 0 Å². The molecule has 0 fully saturated rings. The van der Waals surface area contributed by atoms with E-state index in [0.29, 0.717) is 0 Å². The minimum atomic E-state index is 0.849. The molecule has 0 spiro atoms. The summed E-state index contributed by atoms with van der Waals surface area (Å²) in [6.45, 7) is 0. The van der Waals surface area contributed by atoms with Crippen molar-refractivity contribution < 1.29 is 8.83 Å². The Hall–Kier alpha value is -7.36. The van der Waals surface area contributed by atoms with Crippen LogP contribution in [0.15, 0.2) is 209 Å². The third kappa shape index (κ3) is 5.13. The van der Waals surface area contributed by atoms with Gasteiger partial charge in [-0.1, -0.05) is 140 Å². The maximum Gasteiger partial charge on any atom is 0.143 e. The van der Waals surface area contributed by atoms with Crippen molar-refractivity contribution in [3.63, 3.8) is 0 Å². The Morgan fingerprint density at radius 2 is 0.855 bits per heavy atom. The SMILES string of the molecule is c1ccc(N(c2ccccc2)c2ccc(-c3ccc(-c4c(-c5cccc6ccccc56)ccc5c4oc4ccc6oc7ccccc7c6c45)cc3)cc2)cc1. The molecule has 0 saturated heterocycles. The monoisotopic (exact) mass is 703 g/mol. The van der Waals surface area contributed by atoms with Crippen molar-refractivity contribution in [2.24, 2.45) is 0 Å². The second kappa shape index (κ2) is 12.6. The number of anilines is 3. The first kappa shape index (κ1) is 31.2. The molecule has 0 aliphatic heterocycles. The Morgan fingerprint density at radius 1 is 0.309 bits per heavy atom. The van der Waals surface area contributed by atoms with Crippen LogP contribution in [0.1, 0.15) is 0 Å². The molecule has 2 aromatic heterocycles. The molecule has 0 saturated carbocycles. The lowest BCUT2D eigenvalue weighted by atomic mass is 9.89. The maximum atomic E-state index is 6.92. The average Bonchev–Trinajstić information content (AvgIpc) is 3.83. The molecule has 11 rings (SSSR count). The minimum Gasteiger partial charge on any atom is -0.456 e. The van der Waals surface area contributed by atoms with Crippen molar-refractivity contribution in [3.8, 4) is 33.4 Å². The third-order valence-corrected chi connectivity index (χ3v) is 10.9. The summed E-state index contributed by atoms with van der Waals surface area (Å²) in [7, 11) is 0. The van der Waals surface area contributed by atoms with Gasteiger partial charge in [0.05, 0.1) is 0 Å². The van der Waals surface area contributed by atoms with Crippen LogP contribution in [-0.2, 0) is 0 Å². The van der Waals surface area contributed by atoms with E-state index in [1.807, 2.05) is 24.3 Å². The number of benzene rings is 9. The molecule has 9 aromatic carbocycles. The third-order valence-electron chi connectivity index (χ3n) is 10.9. The first-order valence-corrected chi connectivity index (χ1v) is 18.7. The van der Waals surface area contributed by atoms with E-state index in [4.69, 9.17) is 8.83 Å². The minimum absolute atomic E-state index is 0.849. The highest BCUT2D eigenvalue weighted by Gasteiger charge is 2.22. The molecule has 0 aliphatic carbocycles. The lowest BCUT2D eigenvalue weighted by Crippen LogP contribution is -2.09. The molecule has 0 amide bonds. The fourth-order valence-corrected chi connectivity index (χ4v) is 8.35. The molecule has 258 valence electrons. The second-order valence-corrected chi connectivity index (χ2v) is 14.0. The number of nitrogens with zero attached hydrogens (tertiary/aromatic N) is 1. The normalized spacial score (nSPS) is 11.6. The van der Waals surface area contributed by atoms with Crippen LogP contribution in [0.25, 0.3) is 88.0 Å². The smallest absolute Gasteiger partial charge is 0.143 e. The Kier molecular flexibility index (Phi) is 7.17. The summed E-state index contributed by atoms with van der Waals surface area (Å²) in [6, 6.07) is 70.8. The molecule has 55 heavy (non-hydrogen) atoms. The lowest BCUT2D eigenvalue weighted by molar-refractivity contribution is 0.663. The van der Waals surface area contributed by atoms with Gasteiger partial charge < -0.3 is 13.7 Å². The van der Waals surface area contributed by atoms with Gasteiger partial charge in [-0.3, -0.25) is 0 Å². The number of fused-ring (bicyclic) bond motifs is 8. The molecule has 0 atom stereocenters. The highest BCUT2D eigenvalue weighted by Crippen LogP contribution is 2.47. The van der Waals surface area contributed by atoms with E-state index >= 15 is 0 Å². The van der Waals surface area contributed by atoms with E-state index in [2.05, 4.69) is 181 Å². The van der Waals surface area contributed by atoms with Crippen LogP contribution in [0.4, 0.5) is 17.1 Å². The predicted molar refractivity (Wildman–Crippen MR) is 229 cm³/mol. The van der Waals surface area contributed by atoms with Gasteiger partial charge in [-0.25, -0.2) is 0 Å². The fourth-order valence-electron chi connectivity index (χ4n) is 8.35. The van der Waals surface area contributed by atoms with Gasteiger partial charge >= 0.3 is 0 Å². The fraction of sp³-hybridized carbons (Fsp3) is 0. The summed E-state index contributed by atoms with van der Waals surface area (Å²) >= 11 is 0. The van der Waals surface area contributed by atoms with Crippen molar-refractivity contribution in [3.05, 3.63) is 200 Å². The number of rotatable bonds is 6. The van der Waals surface area contributed by atoms with E-state index in [9.17, 15) is 0 Å². The summed E-state index contributed by atoms with van der Waals surface area (Å²) in [5.74, 6) is 0. The number of para-hydroxylation sites is 3. The van der Waals surface area contributed by atoms with Gasteiger partial charge in [-0.05, 0) is 99.3 Å². The van der Waals surface area contributed by atoms with Gasteiger partial charge in [0.15, 0.2) is 0 Å². The molecule has 0 bridgehead atoms. The Labute approximate surface area is 317 Å². The Bertz CT molecular complexity index is 3130. The van der Waals surface area contributed by atoms with Crippen molar-refractivity contribution in [2.75, 3.05) is 4.90 Å². The van der Waals surface area contributed by atoms with Crippen LogP contribution in [0.3, 0.4) is 0 Å². The second-order valence-electron chi connectivity index (χ2n) is 14.0. The van der Waals surface area contributed by atoms with Gasteiger partial charge in [0.1, 0.15) is 22.3 Å². The highest BCUT2D eigenvalue weighted by atomic mass is 16.3. The van der Waals surface area contributed by atoms with Crippen LogP contribution >= 0.6 is 0 Å². The first-order valence-electron chi connectivity index (χ1n) is 18.7. The molecule has 0 radical (unpaired) electrons. The summed E-state index contributed by atoms with van der Waals surface area (Å²) in [4.78, 5) is 2.29. The summed E-state index contributed by atoms with van der Waals surface area (Å²) < 4.78 is 13.2. The Balaban J connectivity index is 1.06. The largest absolute Gasteiger partial charge is 0.456 e. The van der Waals surface area contributed by atoms with Crippen LogP contribution in [-0.4, -0.2) is 0 Å². The standard InChI is InChI=1S/C52H33NO2/c1-3-14-38(15-4-1)53(39-16-5-2-6-17-39)40-28-26-35(27-29-40)34-22-24-37(25-23-34)49-43(42-20-11-13-36-12-7-8-18-41(36)42)30-31-45-51-48(55-52(45)49)33-32-47-50(51)44-19-9-10-21-46(44)54-47/h1-33H. The van der Waals surface area contributed by atoms with Crippen LogP contribution in [0.2, 0.25) is 0 Å². The molecular weight excluding hydrogens is 671 g/mol. The van der Waals surface area contributed by atoms with Gasteiger partial charge in [-0.15, -0.1) is 0 Å². The van der Waals surface area contributed by atoms with Crippen molar-refractivity contribution >= 4 is 71.7 Å².